The number of benzene rings is 1. The average molecular weight is 278 g/mol. The van der Waals surface area contributed by atoms with Gasteiger partial charge in [0.15, 0.2) is 0 Å². The molecule has 102 valence electrons. The van der Waals surface area contributed by atoms with Crippen molar-refractivity contribution in [3.63, 3.8) is 0 Å². The molecule has 1 heterocycles. The fraction of sp³-hybridized carbons (Fsp3) is 0.429. The van der Waals surface area contributed by atoms with E-state index in [0.29, 0.717) is 18.7 Å². The summed E-state index contributed by atoms with van der Waals surface area (Å²) < 4.78 is 0. The summed E-state index contributed by atoms with van der Waals surface area (Å²) in [6, 6.07) is 10.2. The number of thioether (sulfide) groups is 1. The Labute approximate surface area is 117 Å². The Kier molecular flexibility index (Phi) is 5.27. The van der Waals surface area contributed by atoms with Crippen LogP contribution in [0.25, 0.3) is 0 Å². The fourth-order valence-corrected chi connectivity index (χ4v) is 2.76. The van der Waals surface area contributed by atoms with Crippen molar-refractivity contribution in [2.75, 3.05) is 12.3 Å². The second-order valence-electron chi connectivity index (χ2n) is 4.59. The van der Waals surface area contributed by atoms with Gasteiger partial charge in [-0.15, -0.1) is 11.8 Å². The lowest BCUT2D eigenvalue weighted by molar-refractivity contribution is -0.124. The Bertz CT molecular complexity index is 426. The molecule has 1 aromatic carbocycles. The van der Waals surface area contributed by atoms with Gasteiger partial charge in [0.2, 0.25) is 11.8 Å². The molecule has 1 unspecified atom stereocenters. The third-order valence-corrected chi connectivity index (χ3v) is 3.98. The smallest absolute Gasteiger partial charge is 0.230 e. The molecule has 2 rings (SSSR count). The summed E-state index contributed by atoms with van der Waals surface area (Å²) in [6.07, 6.45) is 1.24. The van der Waals surface area contributed by atoms with Gasteiger partial charge in [-0.25, -0.2) is 0 Å². The monoisotopic (exact) mass is 278 g/mol. The molecule has 1 aliphatic heterocycles. The third-order valence-electron chi connectivity index (χ3n) is 2.98. The molecule has 0 spiro atoms. The molecular formula is C14H18N2O2S. The average Bonchev–Trinajstić information content (AvgIpc) is 2.43. The SMILES string of the molecule is O=C1CCC(NC(=O)CSCc2ccccc2)CN1. The first-order valence-corrected chi connectivity index (χ1v) is 7.57. The number of amides is 2. The first-order chi connectivity index (χ1) is 9.24. The van der Waals surface area contributed by atoms with Crippen molar-refractivity contribution in [1.82, 2.24) is 10.6 Å². The predicted molar refractivity (Wildman–Crippen MR) is 76.8 cm³/mol. The Balaban J connectivity index is 1.63. The zero-order chi connectivity index (χ0) is 13.5. The molecule has 1 aromatic rings. The number of nitrogens with one attached hydrogen (secondary N) is 2. The van der Waals surface area contributed by atoms with Gasteiger partial charge in [-0.3, -0.25) is 9.59 Å². The molecule has 1 atom stereocenters. The molecular weight excluding hydrogens is 260 g/mol. The highest BCUT2D eigenvalue weighted by Crippen LogP contribution is 2.11. The van der Waals surface area contributed by atoms with Gasteiger partial charge < -0.3 is 10.6 Å². The molecule has 0 aromatic heterocycles. The summed E-state index contributed by atoms with van der Waals surface area (Å²) >= 11 is 1.60. The summed E-state index contributed by atoms with van der Waals surface area (Å²) in [5, 5.41) is 5.71. The van der Waals surface area contributed by atoms with Crippen LogP contribution in [0.15, 0.2) is 30.3 Å². The third kappa shape index (κ3) is 4.95. The fourth-order valence-electron chi connectivity index (χ4n) is 1.96. The first kappa shape index (κ1) is 13.9. The van der Waals surface area contributed by atoms with E-state index in [4.69, 9.17) is 0 Å². The summed E-state index contributed by atoms with van der Waals surface area (Å²) in [5.74, 6) is 1.42. The Morgan fingerprint density at radius 2 is 2.16 bits per heavy atom. The van der Waals surface area contributed by atoms with Gasteiger partial charge >= 0.3 is 0 Å². The van der Waals surface area contributed by atoms with Crippen LogP contribution in [0.3, 0.4) is 0 Å². The normalized spacial score (nSPS) is 18.7. The molecule has 1 fully saturated rings. The highest BCUT2D eigenvalue weighted by molar-refractivity contribution is 7.99. The molecule has 1 saturated heterocycles. The van der Waals surface area contributed by atoms with Crippen molar-refractivity contribution in [3.05, 3.63) is 35.9 Å². The van der Waals surface area contributed by atoms with E-state index in [0.717, 1.165) is 12.2 Å². The van der Waals surface area contributed by atoms with E-state index in [9.17, 15) is 9.59 Å². The minimum atomic E-state index is 0.0436. The van der Waals surface area contributed by atoms with E-state index in [1.165, 1.54) is 5.56 Å². The van der Waals surface area contributed by atoms with Gasteiger partial charge in [-0.1, -0.05) is 30.3 Å². The number of piperidine rings is 1. The molecule has 19 heavy (non-hydrogen) atoms. The topological polar surface area (TPSA) is 58.2 Å². The van der Waals surface area contributed by atoms with E-state index in [1.54, 1.807) is 11.8 Å². The van der Waals surface area contributed by atoms with Gasteiger partial charge in [0.05, 0.1) is 5.75 Å². The molecule has 2 amide bonds. The van der Waals surface area contributed by atoms with Crippen LogP contribution in [0.4, 0.5) is 0 Å². The molecule has 0 saturated carbocycles. The summed E-state index contributed by atoms with van der Waals surface area (Å²) in [5.41, 5.74) is 1.23. The molecule has 4 nitrogen and oxygen atoms in total. The number of carbonyl (C=O) groups excluding carboxylic acids is 2. The van der Waals surface area contributed by atoms with Gasteiger partial charge in [0.25, 0.3) is 0 Å². The van der Waals surface area contributed by atoms with Crippen LogP contribution in [0.2, 0.25) is 0 Å². The van der Waals surface area contributed by atoms with Crippen LogP contribution in [-0.4, -0.2) is 30.2 Å². The van der Waals surface area contributed by atoms with Gasteiger partial charge in [0, 0.05) is 24.8 Å². The van der Waals surface area contributed by atoms with Gasteiger partial charge in [-0.2, -0.15) is 0 Å². The van der Waals surface area contributed by atoms with Crippen LogP contribution in [0, 0.1) is 0 Å². The largest absolute Gasteiger partial charge is 0.354 e. The van der Waals surface area contributed by atoms with E-state index in [2.05, 4.69) is 22.8 Å². The Hall–Kier alpha value is -1.49. The highest BCUT2D eigenvalue weighted by Gasteiger charge is 2.19. The van der Waals surface area contributed by atoms with Crippen LogP contribution < -0.4 is 10.6 Å². The van der Waals surface area contributed by atoms with Crippen LogP contribution in [0.1, 0.15) is 18.4 Å². The van der Waals surface area contributed by atoms with Gasteiger partial charge in [0.1, 0.15) is 0 Å². The molecule has 0 aliphatic carbocycles. The van der Waals surface area contributed by atoms with Crippen molar-refractivity contribution in [2.45, 2.75) is 24.6 Å². The molecule has 2 N–H and O–H groups in total. The quantitative estimate of drug-likeness (QED) is 0.854. The minimum absolute atomic E-state index is 0.0436. The zero-order valence-electron chi connectivity index (χ0n) is 10.7. The Morgan fingerprint density at radius 3 is 2.84 bits per heavy atom. The first-order valence-electron chi connectivity index (χ1n) is 6.42. The van der Waals surface area contributed by atoms with Crippen LogP contribution >= 0.6 is 11.8 Å². The Morgan fingerprint density at radius 1 is 1.37 bits per heavy atom. The number of hydrogen-bond acceptors (Lipinski definition) is 3. The lowest BCUT2D eigenvalue weighted by Gasteiger charge is -2.23. The van der Waals surface area contributed by atoms with Gasteiger partial charge in [-0.05, 0) is 12.0 Å². The molecule has 0 bridgehead atoms. The van der Waals surface area contributed by atoms with Crippen molar-refractivity contribution < 1.29 is 9.59 Å². The van der Waals surface area contributed by atoms with E-state index < -0.39 is 0 Å². The van der Waals surface area contributed by atoms with Crippen LogP contribution in [-0.2, 0) is 15.3 Å². The lowest BCUT2D eigenvalue weighted by atomic mass is 10.1. The standard InChI is InChI=1S/C14H18N2O2S/c17-13-7-6-12(8-15-13)16-14(18)10-19-9-11-4-2-1-3-5-11/h1-5,12H,6-10H2,(H,15,17)(H,16,18). The summed E-state index contributed by atoms with van der Waals surface area (Å²) in [4.78, 5) is 22.7. The van der Waals surface area contributed by atoms with E-state index in [-0.39, 0.29) is 17.9 Å². The second kappa shape index (κ2) is 7.19. The minimum Gasteiger partial charge on any atom is -0.354 e. The van der Waals surface area contributed by atoms with E-state index >= 15 is 0 Å². The zero-order valence-corrected chi connectivity index (χ0v) is 11.5. The maximum atomic E-state index is 11.7. The van der Waals surface area contributed by atoms with Crippen molar-refractivity contribution in [2.24, 2.45) is 0 Å². The van der Waals surface area contributed by atoms with Crippen LogP contribution in [0.5, 0.6) is 0 Å². The molecule has 1 aliphatic rings. The maximum absolute atomic E-state index is 11.7. The number of carbonyl (C=O) groups is 2. The number of hydrogen-bond donors (Lipinski definition) is 2. The van der Waals surface area contributed by atoms with Crippen molar-refractivity contribution in [3.8, 4) is 0 Å². The molecule has 5 heteroatoms. The van der Waals surface area contributed by atoms with Crippen molar-refractivity contribution in [1.29, 1.82) is 0 Å². The maximum Gasteiger partial charge on any atom is 0.230 e. The highest BCUT2D eigenvalue weighted by atomic mass is 32.2. The predicted octanol–water partition coefficient (Wildman–Crippen LogP) is 1.31. The second-order valence-corrected chi connectivity index (χ2v) is 5.57. The molecule has 0 radical (unpaired) electrons. The van der Waals surface area contributed by atoms with Crippen molar-refractivity contribution >= 4 is 23.6 Å². The summed E-state index contributed by atoms with van der Waals surface area (Å²) in [6.45, 7) is 0.550. The van der Waals surface area contributed by atoms with E-state index in [1.807, 2.05) is 18.2 Å². The lowest BCUT2D eigenvalue weighted by Crippen LogP contribution is -2.48. The number of rotatable bonds is 5. The summed E-state index contributed by atoms with van der Waals surface area (Å²) in [7, 11) is 0.